The number of aryl methyl sites for hydroxylation is 1. The minimum atomic E-state index is -1.12. The van der Waals surface area contributed by atoms with Gasteiger partial charge in [-0.3, -0.25) is 9.00 Å². The molecular weight excluding hydrogens is 212 g/mol. The third-order valence-electron chi connectivity index (χ3n) is 1.90. The Hall–Kier alpha value is -1.36. The van der Waals surface area contributed by atoms with E-state index in [2.05, 4.69) is 5.32 Å². The van der Waals surface area contributed by atoms with Gasteiger partial charge in [0.05, 0.1) is 0 Å². The lowest BCUT2D eigenvalue weighted by molar-refractivity contribution is -0.113. The Morgan fingerprint density at radius 2 is 2.20 bits per heavy atom. The first-order valence-electron chi connectivity index (χ1n) is 4.45. The maximum Gasteiger partial charge on any atom is 0.236 e. The molecule has 1 amide bonds. The fourth-order valence-corrected chi connectivity index (χ4v) is 1.54. The standard InChI is InChI=1S/C10H14N2O2S/c1-7-3-4-8(5-9(7)11)12-10(13)6-15(2)14/h3-5H,6,11H2,1-2H3,(H,12,13). The zero-order valence-corrected chi connectivity index (χ0v) is 9.56. The molecule has 0 spiro atoms. The highest BCUT2D eigenvalue weighted by molar-refractivity contribution is 7.85. The SMILES string of the molecule is Cc1ccc(NC(=O)CS(C)=O)cc1N. The van der Waals surface area contributed by atoms with Crippen molar-refractivity contribution in [2.45, 2.75) is 6.92 Å². The molecular formula is C10H14N2O2S. The van der Waals surface area contributed by atoms with Crippen molar-refractivity contribution in [2.75, 3.05) is 23.1 Å². The average Bonchev–Trinajstić information content (AvgIpc) is 2.10. The average molecular weight is 226 g/mol. The molecule has 82 valence electrons. The van der Waals surface area contributed by atoms with Gasteiger partial charge >= 0.3 is 0 Å². The summed E-state index contributed by atoms with van der Waals surface area (Å²) in [6, 6.07) is 5.28. The van der Waals surface area contributed by atoms with E-state index >= 15 is 0 Å². The number of rotatable bonds is 3. The van der Waals surface area contributed by atoms with E-state index in [1.54, 1.807) is 12.1 Å². The number of hydrogen-bond acceptors (Lipinski definition) is 3. The number of hydrogen-bond donors (Lipinski definition) is 2. The third kappa shape index (κ3) is 3.71. The monoisotopic (exact) mass is 226 g/mol. The van der Waals surface area contributed by atoms with Crippen molar-refractivity contribution in [3.63, 3.8) is 0 Å². The molecule has 1 rings (SSSR count). The van der Waals surface area contributed by atoms with Crippen molar-refractivity contribution >= 4 is 28.1 Å². The van der Waals surface area contributed by atoms with E-state index in [4.69, 9.17) is 5.73 Å². The molecule has 1 unspecified atom stereocenters. The van der Waals surface area contributed by atoms with Gasteiger partial charge in [-0.1, -0.05) is 6.07 Å². The third-order valence-corrected chi connectivity index (χ3v) is 2.57. The maximum atomic E-state index is 11.3. The Morgan fingerprint density at radius 3 is 2.73 bits per heavy atom. The van der Waals surface area contributed by atoms with Crippen molar-refractivity contribution in [1.82, 2.24) is 0 Å². The van der Waals surface area contributed by atoms with Crippen LogP contribution >= 0.6 is 0 Å². The Kier molecular flexibility index (Phi) is 3.85. The van der Waals surface area contributed by atoms with Gasteiger partial charge in [0.2, 0.25) is 5.91 Å². The zero-order valence-electron chi connectivity index (χ0n) is 8.74. The summed E-state index contributed by atoms with van der Waals surface area (Å²) in [7, 11) is -1.12. The summed E-state index contributed by atoms with van der Waals surface area (Å²) in [5.41, 5.74) is 7.91. The lowest BCUT2D eigenvalue weighted by atomic mass is 10.2. The highest BCUT2D eigenvalue weighted by atomic mass is 32.2. The number of carbonyl (C=O) groups is 1. The first-order chi connectivity index (χ1) is 6.99. The molecule has 1 aromatic carbocycles. The van der Waals surface area contributed by atoms with Crippen LogP contribution in [0.25, 0.3) is 0 Å². The van der Waals surface area contributed by atoms with Gasteiger partial charge in [-0.15, -0.1) is 0 Å². The quantitative estimate of drug-likeness (QED) is 0.752. The number of amides is 1. The van der Waals surface area contributed by atoms with Crippen molar-refractivity contribution < 1.29 is 9.00 Å². The largest absolute Gasteiger partial charge is 0.398 e. The fraction of sp³-hybridized carbons (Fsp3) is 0.300. The number of nitrogens with two attached hydrogens (primary N) is 1. The summed E-state index contributed by atoms with van der Waals surface area (Å²) >= 11 is 0. The molecule has 0 aliphatic rings. The van der Waals surface area contributed by atoms with Crippen LogP contribution in [0.2, 0.25) is 0 Å². The van der Waals surface area contributed by atoms with Crippen LogP contribution in [0.4, 0.5) is 11.4 Å². The molecule has 0 radical (unpaired) electrons. The van der Waals surface area contributed by atoms with Crippen LogP contribution < -0.4 is 11.1 Å². The molecule has 1 aromatic rings. The second-order valence-electron chi connectivity index (χ2n) is 3.34. The predicted octanol–water partition coefficient (Wildman–Crippen LogP) is 0.894. The van der Waals surface area contributed by atoms with Gasteiger partial charge in [0.25, 0.3) is 0 Å². The molecule has 15 heavy (non-hydrogen) atoms. The highest BCUT2D eigenvalue weighted by Crippen LogP contribution is 2.16. The van der Waals surface area contributed by atoms with Crippen molar-refractivity contribution in [3.05, 3.63) is 23.8 Å². The number of anilines is 2. The highest BCUT2D eigenvalue weighted by Gasteiger charge is 2.05. The summed E-state index contributed by atoms with van der Waals surface area (Å²) < 4.78 is 10.8. The van der Waals surface area contributed by atoms with Crippen LogP contribution in [0.3, 0.4) is 0 Å². The molecule has 5 heteroatoms. The van der Waals surface area contributed by atoms with Crippen molar-refractivity contribution in [3.8, 4) is 0 Å². The normalized spacial score (nSPS) is 12.1. The van der Waals surface area contributed by atoms with Crippen molar-refractivity contribution in [1.29, 1.82) is 0 Å². The Morgan fingerprint density at radius 1 is 1.53 bits per heavy atom. The lowest BCUT2D eigenvalue weighted by Crippen LogP contribution is -2.18. The van der Waals surface area contributed by atoms with E-state index in [-0.39, 0.29) is 11.7 Å². The van der Waals surface area contributed by atoms with E-state index in [1.807, 2.05) is 13.0 Å². The van der Waals surface area contributed by atoms with Gasteiger partial charge in [0, 0.05) is 28.4 Å². The smallest absolute Gasteiger partial charge is 0.236 e. The second kappa shape index (κ2) is 4.93. The number of nitrogen functional groups attached to an aromatic ring is 1. The van der Waals surface area contributed by atoms with E-state index < -0.39 is 10.8 Å². The first kappa shape index (κ1) is 11.7. The summed E-state index contributed by atoms with van der Waals surface area (Å²) in [5.74, 6) is -0.257. The Bertz CT molecular complexity index is 404. The van der Waals surface area contributed by atoms with E-state index in [0.717, 1.165) is 5.56 Å². The van der Waals surface area contributed by atoms with Gasteiger partial charge in [0.15, 0.2) is 0 Å². The number of carbonyl (C=O) groups excluding carboxylic acids is 1. The van der Waals surface area contributed by atoms with Gasteiger partial charge in [-0.2, -0.15) is 0 Å². The number of benzene rings is 1. The van der Waals surface area contributed by atoms with E-state index in [9.17, 15) is 9.00 Å². The summed E-state index contributed by atoms with van der Waals surface area (Å²) in [6.07, 6.45) is 1.49. The topological polar surface area (TPSA) is 72.2 Å². The molecule has 4 nitrogen and oxygen atoms in total. The van der Waals surface area contributed by atoms with Crippen molar-refractivity contribution in [2.24, 2.45) is 0 Å². The minimum absolute atomic E-state index is 0.00772. The van der Waals surface area contributed by atoms with Gasteiger partial charge < -0.3 is 11.1 Å². The van der Waals surface area contributed by atoms with Crippen LogP contribution in [-0.2, 0) is 15.6 Å². The molecule has 0 aliphatic heterocycles. The second-order valence-corrected chi connectivity index (χ2v) is 4.77. The first-order valence-corrected chi connectivity index (χ1v) is 6.18. The van der Waals surface area contributed by atoms with E-state index in [1.165, 1.54) is 6.26 Å². The number of nitrogens with one attached hydrogen (secondary N) is 1. The predicted molar refractivity (Wildman–Crippen MR) is 63.2 cm³/mol. The molecule has 0 aromatic heterocycles. The van der Waals surface area contributed by atoms with Crippen LogP contribution in [0.5, 0.6) is 0 Å². The van der Waals surface area contributed by atoms with Crippen LogP contribution in [0.1, 0.15) is 5.56 Å². The Labute approximate surface area is 91.3 Å². The molecule has 0 aliphatic carbocycles. The van der Waals surface area contributed by atoms with Crippen LogP contribution in [0, 0.1) is 6.92 Å². The summed E-state index contributed by atoms with van der Waals surface area (Å²) in [4.78, 5) is 11.3. The molecule has 0 saturated carbocycles. The van der Waals surface area contributed by atoms with E-state index in [0.29, 0.717) is 11.4 Å². The summed E-state index contributed by atoms with van der Waals surface area (Å²) in [5, 5.41) is 2.63. The van der Waals surface area contributed by atoms with Gasteiger partial charge in [-0.25, -0.2) is 0 Å². The molecule has 0 fully saturated rings. The van der Waals surface area contributed by atoms with Gasteiger partial charge in [0.1, 0.15) is 5.75 Å². The molecule has 0 heterocycles. The molecule has 3 N–H and O–H groups in total. The van der Waals surface area contributed by atoms with Gasteiger partial charge in [-0.05, 0) is 24.6 Å². The van der Waals surface area contributed by atoms with Crippen LogP contribution in [-0.4, -0.2) is 22.1 Å². The molecule has 1 atom stereocenters. The van der Waals surface area contributed by atoms with Crippen LogP contribution in [0.15, 0.2) is 18.2 Å². The molecule has 0 bridgehead atoms. The molecule has 0 saturated heterocycles. The Balaban J connectivity index is 2.69. The summed E-state index contributed by atoms with van der Waals surface area (Å²) in [6.45, 7) is 1.89. The lowest BCUT2D eigenvalue weighted by Gasteiger charge is -2.06. The maximum absolute atomic E-state index is 11.3. The fourth-order valence-electron chi connectivity index (χ4n) is 1.10. The zero-order chi connectivity index (χ0) is 11.4. The minimum Gasteiger partial charge on any atom is -0.398 e.